The number of hydrogen-bond acceptors (Lipinski definition) is 4. The van der Waals surface area contributed by atoms with Crippen LogP contribution < -0.4 is 19.5 Å². The van der Waals surface area contributed by atoms with Crippen molar-refractivity contribution in [2.75, 3.05) is 20.3 Å². The van der Waals surface area contributed by atoms with Gasteiger partial charge < -0.3 is 19.5 Å². The van der Waals surface area contributed by atoms with Gasteiger partial charge in [0, 0.05) is 12.1 Å². The first-order valence-corrected chi connectivity index (χ1v) is 9.84. The molecule has 0 heterocycles. The van der Waals surface area contributed by atoms with Crippen LogP contribution in [0.25, 0.3) is 0 Å². The molecule has 0 aliphatic carbocycles. The molecule has 2 rings (SSSR count). The van der Waals surface area contributed by atoms with Gasteiger partial charge in [-0.2, -0.15) is 0 Å². The Hall–Kier alpha value is -2.95. The molecule has 0 atom stereocenters. The van der Waals surface area contributed by atoms with Gasteiger partial charge in [-0.1, -0.05) is 32.6 Å². The molecule has 0 aromatic heterocycles. The van der Waals surface area contributed by atoms with Gasteiger partial charge in [0.05, 0.1) is 13.7 Å². The van der Waals surface area contributed by atoms with E-state index in [-0.39, 0.29) is 5.91 Å². The Bertz CT molecular complexity index is 829. The van der Waals surface area contributed by atoms with Gasteiger partial charge in [0.15, 0.2) is 11.5 Å². The highest BCUT2D eigenvalue weighted by Gasteiger charge is 2.10. The molecule has 1 amide bonds. The van der Waals surface area contributed by atoms with E-state index in [1.165, 1.54) is 0 Å². The number of nitrogens with one attached hydrogen (secondary N) is 1. The molecule has 0 bridgehead atoms. The van der Waals surface area contributed by atoms with E-state index in [1.807, 2.05) is 31.2 Å². The molecule has 0 unspecified atom stereocenters. The summed E-state index contributed by atoms with van der Waals surface area (Å²) in [6.45, 7) is 11.5. The van der Waals surface area contributed by atoms with E-state index in [0.29, 0.717) is 48.5 Å². The lowest BCUT2D eigenvalue weighted by atomic mass is 10.1. The first kappa shape index (κ1) is 22.3. The normalized spacial score (nSPS) is 10.5. The monoisotopic (exact) mass is 397 g/mol. The zero-order valence-electron chi connectivity index (χ0n) is 17.8. The number of hydrogen-bond donors (Lipinski definition) is 1. The third kappa shape index (κ3) is 7.53. The van der Waals surface area contributed by atoms with Gasteiger partial charge in [-0.05, 0) is 60.7 Å². The molecule has 0 fully saturated rings. The van der Waals surface area contributed by atoms with Crippen molar-refractivity contribution >= 4 is 5.91 Å². The van der Waals surface area contributed by atoms with E-state index in [1.54, 1.807) is 25.3 Å². The van der Waals surface area contributed by atoms with Gasteiger partial charge in [0.25, 0.3) is 5.91 Å². The first-order valence-electron chi connectivity index (χ1n) is 9.84. The second kappa shape index (κ2) is 11.1. The molecular weight excluding hydrogens is 366 g/mol. The van der Waals surface area contributed by atoms with Crippen LogP contribution in [0.1, 0.15) is 43.1 Å². The zero-order valence-corrected chi connectivity index (χ0v) is 17.8. The highest BCUT2D eigenvalue weighted by atomic mass is 16.5. The summed E-state index contributed by atoms with van der Waals surface area (Å²) < 4.78 is 16.8. The molecule has 29 heavy (non-hydrogen) atoms. The van der Waals surface area contributed by atoms with Crippen LogP contribution in [-0.4, -0.2) is 26.2 Å². The van der Waals surface area contributed by atoms with Crippen molar-refractivity contribution in [2.45, 2.75) is 33.7 Å². The number of carbonyl (C=O) groups is 1. The molecule has 0 radical (unpaired) electrons. The van der Waals surface area contributed by atoms with Crippen molar-refractivity contribution in [3.63, 3.8) is 0 Å². The fourth-order valence-corrected chi connectivity index (χ4v) is 2.56. The number of amides is 1. The van der Waals surface area contributed by atoms with Crippen molar-refractivity contribution in [1.29, 1.82) is 0 Å². The molecule has 0 saturated carbocycles. The molecule has 1 N–H and O–H groups in total. The smallest absolute Gasteiger partial charge is 0.251 e. The molecule has 0 spiro atoms. The predicted molar refractivity (Wildman–Crippen MR) is 116 cm³/mol. The maximum Gasteiger partial charge on any atom is 0.251 e. The van der Waals surface area contributed by atoms with Gasteiger partial charge in [-0.3, -0.25) is 4.79 Å². The fourth-order valence-electron chi connectivity index (χ4n) is 2.56. The van der Waals surface area contributed by atoms with Gasteiger partial charge in [0.2, 0.25) is 0 Å². The third-order valence-electron chi connectivity index (χ3n) is 4.22. The molecule has 2 aromatic carbocycles. The minimum absolute atomic E-state index is 0.165. The highest BCUT2D eigenvalue weighted by Crippen LogP contribution is 2.28. The van der Waals surface area contributed by atoms with E-state index in [4.69, 9.17) is 14.2 Å². The quantitative estimate of drug-likeness (QED) is 0.542. The molecule has 0 aliphatic rings. The standard InChI is InChI=1S/C24H31NO4/c1-17(2)11-12-28-22-10-9-19(13-23(22)27-5)15-25-24(26)20-7-6-8-21(14-20)29-16-18(3)4/h6-10,13-14,17H,3,11-12,15-16H2,1-2,4-5H3,(H,25,26). The van der Waals surface area contributed by atoms with Crippen LogP contribution in [0.5, 0.6) is 17.2 Å². The lowest BCUT2D eigenvalue weighted by Crippen LogP contribution is -2.22. The average molecular weight is 398 g/mol. The summed E-state index contributed by atoms with van der Waals surface area (Å²) in [6.07, 6.45) is 0.982. The minimum Gasteiger partial charge on any atom is -0.493 e. The zero-order chi connectivity index (χ0) is 21.2. The van der Waals surface area contributed by atoms with E-state index >= 15 is 0 Å². The van der Waals surface area contributed by atoms with Crippen LogP contribution in [0.15, 0.2) is 54.6 Å². The Morgan fingerprint density at radius 1 is 1.10 bits per heavy atom. The SMILES string of the molecule is C=C(C)COc1cccc(C(=O)NCc2ccc(OCCC(C)C)c(OC)c2)c1. The maximum absolute atomic E-state index is 12.5. The largest absolute Gasteiger partial charge is 0.493 e. The molecule has 5 heteroatoms. The van der Waals surface area contributed by atoms with Gasteiger partial charge >= 0.3 is 0 Å². The number of carbonyl (C=O) groups excluding carboxylic acids is 1. The maximum atomic E-state index is 12.5. The second-order valence-electron chi connectivity index (χ2n) is 7.47. The van der Waals surface area contributed by atoms with E-state index in [9.17, 15) is 4.79 Å². The van der Waals surface area contributed by atoms with Crippen LogP contribution in [0.2, 0.25) is 0 Å². The topological polar surface area (TPSA) is 56.8 Å². The number of rotatable bonds is 11. The molecule has 156 valence electrons. The van der Waals surface area contributed by atoms with E-state index in [0.717, 1.165) is 17.6 Å². The van der Waals surface area contributed by atoms with Crippen LogP contribution >= 0.6 is 0 Å². The van der Waals surface area contributed by atoms with Crippen molar-refractivity contribution in [2.24, 2.45) is 5.92 Å². The summed E-state index contributed by atoms with van der Waals surface area (Å²) >= 11 is 0. The summed E-state index contributed by atoms with van der Waals surface area (Å²) in [6, 6.07) is 12.8. The molecule has 0 aliphatic heterocycles. The summed E-state index contributed by atoms with van der Waals surface area (Å²) in [4.78, 5) is 12.5. The number of benzene rings is 2. The Morgan fingerprint density at radius 3 is 2.59 bits per heavy atom. The summed E-state index contributed by atoms with van der Waals surface area (Å²) in [7, 11) is 1.61. The lowest BCUT2D eigenvalue weighted by molar-refractivity contribution is 0.0950. The van der Waals surface area contributed by atoms with Crippen molar-refractivity contribution in [3.05, 3.63) is 65.7 Å². The second-order valence-corrected chi connectivity index (χ2v) is 7.47. The van der Waals surface area contributed by atoms with Crippen molar-refractivity contribution in [1.82, 2.24) is 5.32 Å². The summed E-state index contributed by atoms with van der Waals surface area (Å²) in [5.41, 5.74) is 2.40. The summed E-state index contributed by atoms with van der Waals surface area (Å²) in [5.74, 6) is 2.44. The summed E-state index contributed by atoms with van der Waals surface area (Å²) in [5, 5.41) is 2.93. The number of ether oxygens (including phenoxy) is 3. The van der Waals surface area contributed by atoms with Crippen LogP contribution in [0.3, 0.4) is 0 Å². The molecule has 2 aromatic rings. The van der Waals surface area contributed by atoms with E-state index < -0.39 is 0 Å². The van der Waals surface area contributed by atoms with Crippen molar-refractivity contribution < 1.29 is 19.0 Å². The highest BCUT2D eigenvalue weighted by molar-refractivity contribution is 5.94. The molecule has 5 nitrogen and oxygen atoms in total. The Kier molecular flexibility index (Phi) is 8.59. The van der Waals surface area contributed by atoms with Crippen LogP contribution in [-0.2, 0) is 6.54 Å². The molecule has 0 saturated heterocycles. The fraction of sp³-hybridized carbons (Fsp3) is 0.375. The predicted octanol–water partition coefficient (Wildman–Crippen LogP) is 5.01. The van der Waals surface area contributed by atoms with E-state index in [2.05, 4.69) is 25.7 Å². The Balaban J connectivity index is 1.95. The number of methoxy groups -OCH3 is 1. The van der Waals surface area contributed by atoms with Gasteiger partial charge in [-0.25, -0.2) is 0 Å². The Morgan fingerprint density at radius 2 is 1.90 bits per heavy atom. The van der Waals surface area contributed by atoms with Gasteiger partial charge in [0.1, 0.15) is 12.4 Å². The van der Waals surface area contributed by atoms with Crippen LogP contribution in [0, 0.1) is 5.92 Å². The average Bonchev–Trinajstić information content (AvgIpc) is 2.71. The third-order valence-corrected chi connectivity index (χ3v) is 4.22. The molecular formula is C24H31NO4. The first-order chi connectivity index (χ1) is 13.9. The van der Waals surface area contributed by atoms with Crippen molar-refractivity contribution in [3.8, 4) is 17.2 Å². The Labute approximate surface area is 173 Å². The lowest BCUT2D eigenvalue weighted by Gasteiger charge is -2.13. The van der Waals surface area contributed by atoms with Gasteiger partial charge in [-0.15, -0.1) is 0 Å². The van der Waals surface area contributed by atoms with Crippen LogP contribution in [0.4, 0.5) is 0 Å². The minimum atomic E-state index is -0.165.